The summed E-state index contributed by atoms with van der Waals surface area (Å²) in [6, 6.07) is -0.241. The molecule has 0 aromatic carbocycles. The number of carbonyl (C=O) groups is 2. The van der Waals surface area contributed by atoms with Crippen molar-refractivity contribution in [2.45, 2.75) is 50.0 Å². The van der Waals surface area contributed by atoms with Gasteiger partial charge in [0.25, 0.3) is 0 Å². The van der Waals surface area contributed by atoms with E-state index in [1.165, 1.54) is 4.90 Å². The summed E-state index contributed by atoms with van der Waals surface area (Å²) in [5, 5.41) is 23.5. The van der Waals surface area contributed by atoms with Crippen LogP contribution >= 0.6 is 11.8 Å². The van der Waals surface area contributed by atoms with Crippen molar-refractivity contribution >= 4 is 23.6 Å². The SMILES string of the molecule is C[C@@H](O)[C@H]1C(=O)N2C(C(=O)O)=C(SC3CCNCC3)[C@H](CCCN)[C@H]12. The summed E-state index contributed by atoms with van der Waals surface area (Å²) in [6.45, 7) is 4.01. The van der Waals surface area contributed by atoms with Crippen LogP contribution in [0.5, 0.6) is 0 Å². The van der Waals surface area contributed by atoms with E-state index in [1.807, 2.05) is 0 Å². The molecule has 0 radical (unpaired) electrons. The Labute approximate surface area is 152 Å². The minimum absolute atomic E-state index is 0.0353. The Kier molecular flexibility index (Phi) is 5.72. The van der Waals surface area contributed by atoms with Crippen molar-refractivity contribution in [3.63, 3.8) is 0 Å². The zero-order valence-electron chi connectivity index (χ0n) is 14.5. The molecule has 5 N–H and O–H groups in total. The molecule has 8 heteroatoms. The van der Waals surface area contributed by atoms with Crippen molar-refractivity contribution < 1.29 is 19.8 Å². The number of carboxylic acids is 1. The molecule has 0 aromatic rings. The summed E-state index contributed by atoms with van der Waals surface area (Å²) >= 11 is 1.63. The molecule has 7 nitrogen and oxygen atoms in total. The molecule has 0 aliphatic carbocycles. The summed E-state index contributed by atoms with van der Waals surface area (Å²) in [6.07, 6.45) is 2.73. The first kappa shape index (κ1) is 18.7. The summed E-state index contributed by atoms with van der Waals surface area (Å²) in [7, 11) is 0. The van der Waals surface area contributed by atoms with Gasteiger partial charge in [-0.15, -0.1) is 11.8 Å². The van der Waals surface area contributed by atoms with Gasteiger partial charge >= 0.3 is 5.97 Å². The van der Waals surface area contributed by atoms with Gasteiger partial charge in [-0.05, 0) is 52.2 Å². The monoisotopic (exact) mass is 369 g/mol. The molecule has 3 aliphatic rings. The Morgan fingerprint density at radius 3 is 2.68 bits per heavy atom. The number of carboxylic acid groups (broad SMARTS) is 1. The average molecular weight is 369 g/mol. The Hall–Kier alpha value is -1.09. The van der Waals surface area contributed by atoms with Crippen molar-refractivity contribution in [1.29, 1.82) is 0 Å². The number of piperidine rings is 1. The second-order valence-electron chi connectivity index (χ2n) is 7.09. The van der Waals surface area contributed by atoms with Crippen molar-refractivity contribution in [1.82, 2.24) is 10.2 Å². The Balaban J connectivity index is 1.91. The summed E-state index contributed by atoms with van der Waals surface area (Å²) in [4.78, 5) is 26.6. The van der Waals surface area contributed by atoms with E-state index in [0.29, 0.717) is 11.8 Å². The van der Waals surface area contributed by atoms with Gasteiger partial charge in [0.2, 0.25) is 5.91 Å². The number of β-lactam (4-membered cyclic amide) rings is 1. The molecule has 0 spiro atoms. The van der Waals surface area contributed by atoms with E-state index in [9.17, 15) is 19.8 Å². The molecular formula is C17H27N3O4S. The maximum atomic E-state index is 12.5. The van der Waals surface area contributed by atoms with Crippen LogP contribution in [-0.4, -0.2) is 64.0 Å². The number of hydrogen-bond donors (Lipinski definition) is 4. The summed E-state index contributed by atoms with van der Waals surface area (Å²) < 4.78 is 0. The van der Waals surface area contributed by atoms with Gasteiger partial charge in [0.05, 0.1) is 18.1 Å². The number of aliphatic carboxylic acids is 1. The zero-order valence-corrected chi connectivity index (χ0v) is 15.3. The number of nitrogens with one attached hydrogen (secondary N) is 1. The van der Waals surface area contributed by atoms with E-state index >= 15 is 0 Å². The number of aliphatic hydroxyl groups excluding tert-OH is 1. The number of nitrogens with two attached hydrogens (primary N) is 1. The largest absolute Gasteiger partial charge is 0.477 e. The molecule has 25 heavy (non-hydrogen) atoms. The first-order valence-electron chi connectivity index (χ1n) is 9.03. The van der Waals surface area contributed by atoms with Crippen LogP contribution < -0.4 is 11.1 Å². The molecule has 3 rings (SSSR count). The van der Waals surface area contributed by atoms with Gasteiger partial charge in [-0.2, -0.15) is 0 Å². The average Bonchev–Trinajstić information content (AvgIpc) is 2.83. The van der Waals surface area contributed by atoms with Crippen molar-refractivity contribution in [3.8, 4) is 0 Å². The molecule has 140 valence electrons. The lowest BCUT2D eigenvalue weighted by Gasteiger charge is -2.47. The van der Waals surface area contributed by atoms with Crippen LogP contribution in [0.3, 0.4) is 0 Å². The molecule has 2 saturated heterocycles. The van der Waals surface area contributed by atoms with Gasteiger partial charge in [-0.3, -0.25) is 4.79 Å². The number of amides is 1. The predicted octanol–water partition coefficient (Wildman–Crippen LogP) is 0.344. The molecule has 0 saturated carbocycles. The third kappa shape index (κ3) is 3.32. The number of aliphatic hydroxyl groups is 1. The van der Waals surface area contributed by atoms with E-state index < -0.39 is 18.0 Å². The molecule has 1 amide bonds. The lowest BCUT2D eigenvalue weighted by atomic mass is 9.77. The highest BCUT2D eigenvalue weighted by Gasteiger charge is 2.61. The number of hydrogen-bond acceptors (Lipinski definition) is 6. The second kappa shape index (κ2) is 7.65. The Bertz CT molecular complexity index is 574. The van der Waals surface area contributed by atoms with Gasteiger partial charge in [-0.25, -0.2) is 4.79 Å². The lowest BCUT2D eigenvalue weighted by Crippen LogP contribution is -2.63. The van der Waals surface area contributed by atoms with Crippen LogP contribution in [0.4, 0.5) is 0 Å². The molecule has 4 atom stereocenters. The number of nitrogens with zero attached hydrogens (tertiary/aromatic N) is 1. The van der Waals surface area contributed by atoms with Crippen LogP contribution in [0, 0.1) is 11.8 Å². The van der Waals surface area contributed by atoms with E-state index in [1.54, 1.807) is 18.7 Å². The molecule has 0 bridgehead atoms. The van der Waals surface area contributed by atoms with E-state index in [2.05, 4.69) is 5.32 Å². The smallest absolute Gasteiger partial charge is 0.353 e. The highest BCUT2D eigenvalue weighted by atomic mass is 32.2. The molecular weight excluding hydrogens is 342 g/mol. The predicted molar refractivity (Wildman–Crippen MR) is 95.7 cm³/mol. The fraction of sp³-hybridized carbons (Fsp3) is 0.765. The number of rotatable bonds is 7. The maximum absolute atomic E-state index is 12.5. The number of carbonyl (C=O) groups excluding carboxylic acids is 1. The standard InChI is InChI=1S/C17H27N3O4S/c1-9(21)12-13-11(3-2-6-18)15(25-10-4-7-19-8-5-10)14(17(23)24)20(13)16(12)22/h9-13,19,21H,2-8,18H2,1H3,(H,23,24)/t9-,11-,12-,13-/m1/s1. The molecule has 0 aromatic heterocycles. The quantitative estimate of drug-likeness (QED) is 0.478. The topological polar surface area (TPSA) is 116 Å². The maximum Gasteiger partial charge on any atom is 0.353 e. The minimum atomic E-state index is -1.05. The van der Waals surface area contributed by atoms with E-state index in [4.69, 9.17) is 5.73 Å². The normalized spacial score (nSPS) is 31.1. The first-order chi connectivity index (χ1) is 12.0. The fourth-order valence-corrected chi connectivity index (χ4v) is 5.81. The molecule has 2 fully saturated rings. The summed E-state index contributed by atoms with van der Waals surface area (Å²) in [5.74, 6) is -1.86. The zero-order chi connectivity index (χ0) is 18.1. The second-order valence-corrected chi connectivity index (χ2v) is 8.43. The third-order valence-electron chi connectivity index (χ3n) is 5.43. The van der Waals surface area contributed by atoms with Crippen LogP contribution in [0.2, 0.25) is 0 Å². The Morgan fingerprint density at radius 1 is 1.44 bits per heavy atom. The van der Waals surface area contributed by atoms with Gasteiger partial charge in [0, 0.05) is 16.1 Å². The minimum Gasteiger partial charge on any atom is -0.477 e. The fourth-order valence-electron chi connectivity index (χ4n) is 4.25. The highest BCUT2D eigenvalue weighted by Crippen LogP contribution is 2.53. The molecule has 0 unspecified atom stereocenters. The van der Waals surface area contributed by atoms with Gasteiger partial charge in [-0.1, -0.05) is 0 Å². The van der Waals surface area contributed by atoms with E-state index in [0.717, 1.165) is 43.7 Å². The van der Waals surface area contributed by atoms with Gasteiger partial charge in [0.1, 0.15) is 5.70 Å². The first-order valence-corrected chi connectivity index (χ1v) is 9.91. The Morgan fingerprint density at radius 2 is 2.12 bits per heavy atom. The van der Waals surface area contributed by atoms with Crippen LogP contribution in [0.25, 0.3) is 0 Å². The van der Waals surface area contributed by atoms with Crippen molar-refractivity contribution in [2.75, 3.05) is 19.6 Å². The molecule has 3 heterocycles. The van der Waals surface area contributed by atoms with Gasteiger partial charge in [0.15, 0.2) is 0 Å². The highest BCUT2D eigenvalue weighted by molar-refractivity contribution is 8.03. The summed E-state index contributed by atoms with van der Waals surface area (Å²) in [5.41, 5.74) is 5.81. The van der Waals surface area contributed by atoms with Crippen LogP contribution in [0.1, 0.15) is 32.6 Å². The van der Waals surface area contributed by atoms with Crippen LogP contribution in [0.15, 0.2) is 10.6 Å². The van der Waals surface area contributed by atoms with Crippen molar-refractivity contribution in [3.05, 3.63) is 10.6 Å². The molecule has 3 aliphatic heterocycles. The van der Waals surface area contributed by atoms with Crippen molar-refractivity contribution in [2.24, 2.45) is 17.6 Å². The lowest BCUT2D eigenvalue weighted by molar-refractivity contribution is -0.163. The number of thioether (sulfide) groups is 1. The van der Waals surface area contributed by atoms with E-state index in [-0.39, 0.29) is 23.6 Å². The van der Waals surface area contributed by atoms with Crippen LogP contribution in [-0.2, 0) is 9.59 Å². The number of fused-ring (bicyclic) bond motifs is 1. The third-order valence-corrected chi connectivity index (χ3v) is 6.99. The van der Waals surface area contributed by atoms with Gasteiger partial charge < -0.3 is 26.2 Å².